The molecule has 0 bridgehead atoms. The second-order valence-corrected chi connectivity index (χ2v) is 15.4. The van der Waals surface area contributed by atoms with E-state index in [4.69, 9.17) is 10.5 Å². The van der Waals surface area contributed by atoms with Gasteiger partial charge in [0.05, 0.1) is 6.04 Å². The SMILES string of the molecule is C=C(C)[C@@H]1C[C@@H](C(=O)NC(CC2CC2)C(=O)C(N)=O)N(C(=O)[C@@H](NC(=O)NC2(C(=O)OC(C)(C)C)CCCCC2)C2CCCCC2)C1. The molecule has 4 rings (SSSR count). The fourth-order valence-corrected chi connectivity index (χ4v) is 7.38. The van der Waals surface area contributed by atoms with Crippen molar-refractivity contribution in [2.24, 2.45) is 23.5 Å². The van der Waals surface area contributed by atoms with Crippen molar-refractivity contribution in [3.63, 3.8) is 0 Å². The number of nitrogens with two attached hydrogens (primary N) is 1. The number of primary amides is 1. The highest BCUT2D eigenvalue weighted by molar-refractivity contribution is 6.37. The van der Waals surface area contributed by atoms with Gasteiger partial charge in [0.25, 0.3) is 5.91 Å². The quantitative estimate of drug-likeness (QED) is 0.141. The molecule has 3 saturated carbocycles. The van der Waals surface area contributed by atoms with E-state index in [1.807, 2.05) is 6.92 Å². The van der Waals surface area contributed by atoms with Crippen molar-refractivity contribution in [1.82, 2.24) is 20.9 Å². The van der Waals surface area contributed by atoms with Crippen LogP contribution in [-0.4, -0.2) is 76.2 Å². The number of Topliss-reactive ketones (excluding diaryl/α,β-unsaturated/α-hetero) is 1. The van der Waals surface area contributed by atoms with Crippen LogP contribution < -0.4 is 21.7 Å². The van der Waals surface area contributed by atoms with Gasteiger partial charge in [-0.15, -0.1) is 0 Å². The molecule has 12 nitrogen and oxygen atoms in total. The molecule has 47 heavy (non-hydrogen) atoms. The number of nitrogens with one attached hydrogen (secondary N) is 3. The minimum Gasteiger partial charge on any atom is -0.458 e. The molecule has 1 heterocycles. The van der Waals surface area contributed by atoms with Gasteiger partial charge in [0, 0.05) is 6.54 Å². The van der Waals surface area contributed by atoms with E-state index < -0.39 is 58.9 Å². The van der Waals surface area contributed by atoms with Gasteiger partial charge in [0.15, 0.2) is 0 Å². The Hall–Kier alpha value is -3.44. The number of hydrogen-bond acceptors (Lipinski definition) is 7. The molecule has 0 spiro atoms. The third kappa shape index (κ3) is 9.56. The van der Waals surface area contributed by atoms with Crippen LogP contribution in [0.4, 0.5) is 4.79 Å². The highest BCUT2D eigenvalue weighted by Crippen LogP contribution is 2.36. The Balaban J connectivity index is 1.57. The fourth-order valence-electron chi connectivity index (χ4n) is 7.38. The Morgan fingerprint density at radius 2 is 1.55 bits per heavy atom. The molecule has 1 saturated heterocycles. The van der Waals surface area contributed by atoms with Gasteiger partial charge in [-0.05, 0) is 84.0 Å². The van der Waals surface area contributed by atoms with Gasteiger partial charge in [-0.2, -0.15) is 0 Å². The Morgan fingerprint density at radius 1 is 0.936 bits per heavy atom. The normalized spacial score (nSPS) is 24.4. The second kappa shape index (κ2) is 15.2. The number of esters is 1. The minimum atomic E-state index is -1.19. The van der Waals surface area contributed by atoms with Gasteiger partial charge in [-0.1, -0.05) is 63.5 Å². The summed E-state index contributed by atoms with van der Waals surface area (Å²) < 4.78 is 5.73. The van der Waals surface area contributed by atoms with Crippen molar-refractivity contribution in [3.8, 4) is 0 Å². The molecule has 4 atom stereocenters. The predicted octanol–water partition coefficient (Wildman–Crippen LogP) is 3.41. The molecule has 5 amide bonds. The molecule has 5 N–H and O–H groups in total. The minimum absolute atomic E-state index is 0.155. The number of ether oxygens (including phenoxy) is 1. The maximum Gasteiger partial charge on any atom is 0.332 e. The zero-order valence-electron chi connectivity index (χ0n) is 28.7. The topological polar surface area (TPSA) is 177 Å². The van der Waals surface area contributed by atoms with Crippen LogP contribution in [0.25, 0.3) is 0 Å². The summed E-state index contributed by atoms with van der Waals surface area (Å²) in [6.45, 7) is 11.5. The van der Waals surface area contributed by atoms with E-state index >= 15 is 0 Å². The number of carbonyl (C=O) groups excluding carboxylic acids is 6. The van der Waals surface area contributed by atoms with Crippen LogP contribution in [0.3, 0.4) is 0 Å². The van der Waals surface area contributed by atoms with Crippen molar-refractivity contribution < 1.29 is 33.5 Å². The van der Waals surface area contributed by atoms with Gasteiger partial charge in [0.2, 0.25) is 17.6 Å². The van der Waals surface area contributed by atoms with E-state index in [9.17, 15) is 28.8 Å². The molecule has 0 radical (unpaired) electrons. The van der Waals surface area contributed by atoms with Crippen LogP contribution in [0.2, 0.25) is 0 Å². The summed E-state index contributed by atoms with van der Waals surface area (Å²) >= 11 is 0. The number of amides is 5. The Morgan fingerprint density at radius 3 is 2.11 bits per heavy atom. The predicted molar refractivity (Wildman–Crippen MR) is 176 cm³/mol. The first-order chi connectivity index (χ1) is 22.1. The smallest absolute Gasteiger partial charge is 0.332 e. The molecule has 0 aromatic carbocycles. The first-order valence-corrected chi connectivity index (χ1v) is 17.5. The lowest BCUT2D eigenvalue weighted by molar-refractivity contribution is -0.164. The van der Waals surface area contributed by atoms with Gasteiger partial charge in [-0.3, -0.25) is 19.2 Å². The number of urea groups is 1. The molecule has 0 aromatic rings. The largest absolute Gasteiger partial charge is 0.458 e. The van der Waals surface area contributed by atoms with E-state index in [0.717, 1.165) is 69.8 Å². The van der Waals surface area contributed by atoms with Gasteiger partial charge in [0.1, 0.15) is 23.2 Å². The first-order valence-electron chi connectivity index (χ1n) is 17.5. The summed E-state index contributed by atoms with van der Waals surface area (Å²) in [7, 11) is 0. The number of likely N-dealkylation sites (tertiary alicyclic amines) is 1. The zero-order chi connectivity index (χ0) is 34.5. The van der Waals surface area contributed by atoms with Crippen molar-refractivity contribution in [2.45, 2.75) is 147 Å². The maximum atomic E-state index is 14.5. The molecule has 12 heteroatoms. The van der Waals surface area contributed by atoms with Crippen LogP contribution in [-0.2, 0) is 28.7 Å². The summed E-state index contributed by atoms with van der Waals surface area (Å²) in [5.74, 6) is -3.43. The standard InChI is InChI=1S/C35H55N5O7/c1-21(2)24-19-26(30(43)37-25(18-22-14-15-22)28(41)29(36)42)40(20-24)31(44)27(23-12-8-6-9-13-23)38-33(46)39-35(16-10-7-11-17-35)32(45)47-34(3,4)5/h22-27H,1,6-20H2,2-5H3,(H2,36,42)(H,37,43)(H2,38,39,46)/t24-,25?,26+,27+/m1/s1. The monoisotopic (exact) mass is 657 g/mol. The van der Waals surface area contributed by atoms with E-state index in [1.54, 1.807) is 20.8 Å². The lowest BCUT2D eigenvalue weighted by Crippen LogP contribution is -2.63. The summed E-state index contributed by atoms with van der Waals surface area (Å²) in [5, 5.41) is 8.62. The summed E-state index contributed by atoms with van der Waals surface area (Å²) in [6.07, 6.45) is 10.1. The van der Waals surface area contributed by atoms with Crippen molar-refractivity contribution >= 4 is 35.5 Å². The molecular weight excluding hydrogens is 602 g/mol. The number of hydrogen-bond donors (Lipinski definition) is 4. The lowest BCUT2D eigenvalue weighted by Gasteiger charge is -2.39. The number of nitrogens with zero attached hydrogens (tertiary/aromatic N) is 1. The Bertz CT molecular complexity index is 1230. The van der Waals surface area contributed by atoms with Crippen LogP contribution in [0.1, 0.15) is 118 Å². The molecular formula is C35H55N5O7. The number of carbonyl (C=O) groups is 6. The van der Waals surface area contributed by atoms with Crippen LogP contribution in [0.15, 0.2) is 12.2 Å². The molecule has 1 aliphatic heterocycles. The van der Waals surface area contributed by atoms with Crippen molar-refractivity contribution in [1.29, 1.82) is 0 Å². The fraction of sp³-hybridized carbons (Fsp3) is 0.771. The maximum absolute atomic E-state index is 14.5. The highest BCUT2D eigenvalue weighted by atomic mass is 16.6. The van der Waals surface area contributed by atoms with Gasteiger partial charge in [-0.25, -0.2) is 9.59 Å². The molecule has 0 aromatic heterocycles. The summed E-state index contributed by atoms with van der Waals surface area (Å²) in [6, 6.07) is -3.52. The summed E-state index contributed by atoms with van der Waals surface area (Å²) in [4.78, 5) is 81.4. The highest BCUT2D eigenvalue weighted by Gasteiger charge is 2.47. The zero-order valence-corrected chi connectivity index (χ0v) is 28.7. The molecule has 262 valence electrons. The van der Waals surface area contributed by atoms with Gasteiger partial charge >= 0.3 is 12.0 Å². The average Bonchev–Trinajstić information content (AvgIpc) is 3.71. The van der Waals surface area contributed by atoms with E-state index in [-0.39, 0.29) is 30.2 Å². The van der Waals surface area contributed by atoms with E-state index in [2.05, 4.69) is 22.5 Å². The van der Waals surface area contributed by atoms with E-state index in [0.29, 0.717) is 25.7 Å². The molecule has 1 unspecified atom stereocenters. The van der Waals surface area contributed by atoms with Crippen molar-refractivity contribution in [3.05, 3.63) is 12.2 Å². The van der Waals surface area contributed by atoms with Crippen LogP contribution >= 0.6 is 0 Å². The van der Waals surface area contributed by atoms with E-state index in [1.165, 1.54) is 4.90 Å². The van der Waals surface area contributed by atoms with Crippen molar-refractivity contribution in [2.75, 3.05) is 6.54 Å². The lowest BCUT2D eigenvalue weighted by atomic mass is 9.81. The average molecular weight is 658 g/mol. The summed E-state index contributed by atoms with van der Waals surface area (Å²) in [5.41, 5.74) is 4.19. The molecule has 4 aliphatic rings. The van der Waals surface area contributed by atoms with Crippen LogP contribution in [0, 0.1) is 17.8 Å². The molecule has 3 aliphatic carbocycles. The number of ketones is 1. The third-order valence-corrected chi connectivity index (χ3v) is 10.2. The second-order valence-electron chi connectivity index (χ2n) is 15.4. The van der Waals surface area contributed by atoms with Crippen LogP contribution in [0.5, 0.6) is 0 Å². The van der Waals surface area contributed by atoms with Gasteiger partial charge < -0.3 is 31.3 Å². The third-order valence-electron chi connectivity index (χ3n) is 10.2. The first kappa shape index (κ1) is 36.4. The Kier molecular flexibility index (Phi) is 11.8. The Labute approximate surface area is 278 Å². The number of rotatable bonds is 12. The molecule has 4 fully saturated rings.